The number of hydrogen-bond acceptors (Lipinski definition) is 5. The zero-order chi connectivity index (χ0) is 18.5. The second-order valence-corrected chi connectivity index (χ2v) is 7.61. The van der Waals surface area contributed by atoms with E-state index >= 15 is 0 Å². The number of nitrogens with zero attached hydrogens (tertiary/aromatic N) is 3. The molecule has 0 aliphatic heterocycles. The molecule has 0 amide bonds. The van der Waals surface area contributed by atoms with Crippen LogP contribution in [0.2, 0.25) is 0 Å². The summed E-state index contributed by atoms with van der Waals surface area (Å²) in [5.74, 6) is 0.995. The Hall–Kier alpha value is -1.89. The second kappa shape index (κ2) is 8.66. The van der Waals surface area contributed by atoms with Crippen LogP contribution in [0.3, 0.4) is 0 Å². The number of ether oxygens (including phenoxy) is 2. The van der Waals surface area contributed by atoms with Gasteiger partial charge >= 0.3 is 5.97 Å². The average molecular weight is 422 g/mol. The van der Waals surface area contributed by atoms with Crippen LogP contribution in [0.4, 0.5) is 0 Å². The summed E-state index contributed by atoms with van der Waals surface area (Å²) >= 11 is 3.36. The first-order valence-corrected chi connectivity index (χ1v) is 9.75. The highest BCUT2D eigenvalue weighted by atomic mass is 79.9. The average Bonchev–Trinajstić information content (AvgIpc) is 3.03. The minimum atomic E-state index is -0.418. The molecule has 26 heavy (non-hydrogen) atoms. The third kappa shape index (κ3) is 4.63. The lowest BCUT2D eigenvalue weighted by Crippen LogP contribution is -2.25. The summed E-state index contributed by atoms with van der Waals surface area (Å²) in [6, 6.07) is 3.96. The maximum atomic E-state index is 11.6. The monoisotopic (exact) mass is 421 g/mol. The smallest absolute Gasteiger partial charge is 0.359 e. The zero-order valence-electron chi connectivity index (χ0n) is 15.2. The van der Waals surface area contributed by atoms with Crippen LogP contribution in [-0.2, 0) is 11.3 Å². The fourth-order valence-corrected chi connectivity index (χ4v) is 3.83. The standard InChI is InChI=1S/C19H24BrN3O3/c1-13-4-3-10-21-18(13)26-15-7-5-14(6-8-15)9-11-23-12-16(20)17(22-23)19(24)25-2/h3-4,10,12,14-15H,5-9,11H2,1-2H3. The summed E-state index contributed by atoms with van der Waals surface area (Å²) < 4.78 is 13.3. The van der Waals surface area contributed by atoms with Crippen molar-refractivity contribution < 1.29 is 14.3 Å². The van der Waals surface area contributed by atoms with Crippen molar-refractivity contribution >= 4 is 21.9 Å². The number of aryl methyl sites for hydroxylation is 2. The lowest BCUT2D eigenvalue weighted by Gasteiger charge is -2.29. The molecule has 3 rings (SSSR count). The maximum absolute atomic E-state index is 11.6. The Morgan fingerprint density at radius 3 is 2.81 bits per heavy atom. The van der Waals surface area contributed by atoms with E-state index in [0.29, 0.717) is 16.1 Å². The number of pyridine rings is 1. The largest absolute Gasteiger partial charge is 0.474 e. The van der Waals surface area contributed by atoms with Crippen molar-refractivity contribution in [3.63, 3.8) is 0 Å². The Labute approximate surface area is 162 Å². The number of rotatable bonds is 6. The predicted molar refractivity (Wildman–Crippen MR) is 101 cm³/mol. The van der Waals surface area contributed by atoms with E-state index in [2.05, 4.69) is 26.0 Å². The summed E-state index contributed by atoms with van der Waals surface area (Å²) in [5.41, 5.74) is 1.41. The number of halogens is 1. The van der Waals surface area contributed by atoms with Crippen LogP contribution in [0.1, 0.15) is 48.2 Å². The van der Waals surface area contributed by atoms with Gasteiger partial charge in [0.15, 0.2) is 5.69 Å². The second-order valence-electron chi connectivity index (χ2n) is 6.76. The van der Waals surface area contributed by atoms with Gasteiger partial charge in [-0.2, -0.15) is 5.10 Å². The molecular formula is C19H24BrN3O3. The van der Waals surface area contributed by atoms with Gasteiger partial charge in [-0.15, -0.1) is 0 Å². The molecule has 2 aromatic rings. The van der Waals surface area contributed by atoms with Crippen LogP contribution in [-0.4, -0.2) is 33.9 Å². The minimum Gasteiger partial charge on any atom is -0.474 e. The Morgan fingerprint density at radius 1 is 1.35 bits per heavy atom. The van der Waals surface area contributed by atoms with Gasteiger partial charge in [-0.1, -0.05) is 6.07 Å². The quantitative estimate of drug-likeness (QED) is 0.654. The molecule has 1 fully saturated rings. The molecule has 1 saturated carbocycles. The Morgan fingerprint density at radius 2 is 2.12 bits per heavy atom. The van der Waals surface area contributed by atoms with Crippen molar-refractivity contribution in [2.75, 3.05) is 7.11 Å². The molecule has 0 aromatic carbocycles. The molecule has 1 aliphatic rings. The first-order valence-electron chi connectivity index (χ1n) is 8.96. The molecule has 140 valence electrons. The fraction of sp³-hybridized carbons (Fsp3) is 0.526. The van der Waals surface area contributed by atoms with E-state index in [0.717, 1.165) is 50.1 Å². The molecule has 0 spiro atoms. The number of hydrogen-bond donors (Lipinski definition) is 0. The Bertz CT molecular complexity index is 754. The molecular weight excluding hydrogens is 398 g/mol. The summed E-state index contributed by atoms with van der Waals surface area (Å²) in [4.78, 5) is 15.9. The first kappa shape index (κ1) is 18.9. The van der Waals surface area contributed by atoms with Crippen LogP contribution in [0, 0.1) is 12.8 Å². The molecule has 0 N–H and O–H groups in total. The van der Waals surface area contributed by atoms with Crippen molar-refractivity contribution in [3.8, 4) is 5.88 Å². The topological polar surface area (TPSA) is 66.2 Å². The summed E-state index contributed by atoms with van der Waals surface area (Å²) in [7, 11) is 1.36. The van der Waals surface area contributed by atoms with E-state index in [1.165, 1.54) is 7.11 Å². The van der Waals surface area contributed by atoms with Crippen LogP contribution >= 0.6 is 15.9 Å². The van der Waals surface area contributed by atoms with Crippen molar-refractivity contribution in [1.29, 1.82) is 0 Å². The lowest BCUT2D eigenvalue weighted by atomic mass is 9.85. The highest BCUT2D eigenvalue weighted by Gasteiger charge is 2.23. The molecule has 0 saturated heterocycles. The highest BCUT2D eigenvalue weighted by Crippen LogP contribution is 2.30. The minimum absolute atomic E-state index is 0.254. The van der Waals surface area contributed by atoms with Gasteiger partial charge < -0.3 is 9.47 Å². The van der Waals surface area contributed by atoms with Gasteiger partial charge in [0.2, 0.25) is 5.88 Å². The van der Waals surface area contributed by atoms with Gasteiger partial charge in [-0.25, -0.2) is 9.78 Å². The molecule has 0 atom stereocenters. The number of esters is 1. The van der Waals surface area contributed by atoms with E-state index in [4.69, 9.17) is 9.47 Å². The molecule has 2 heterocycles. The van der Waals surface area contributed by atoms with E-state index in [9.17, 15) is 4.79 Å². The van der Waals surface area contributed by atoms with Crippen molar-refractivity contribution in [2.45, 2.75) is 51.7 Å². The van der Waals surface area contributed by atoms with E-state index < -0.39 is 5.97 Å². The van der Waals surface area contributed by atoms with Crippen molar-refractivity contribution in [3.05, 3.63) is 40.3 Å². The highest BCUT2D eigenvalue weighted by molar-refractivity contribution is 9.10. The lowest BCUT2D eigenvalue weighted by molar-refractivity contribution is 0.0591. The van der Waals surface area contributed by atoms with Crippen molar-refractivity contribution in [2.24, 2.45) is 5.92 Å². The third-order valence-electron chi connectivity index (χ3n) is 4.90. The summed E-state index contributed by atoms with van der Waals surface area (Å²) in [6.45, 7) is 2.82. The third-order valence-corrected chi connectivity index (χ3v) is 5.48. The molecule has 1 aliphatic carbocycles. The Balaban J connectivity index is 1.46. The SMILES string of the molecule is COC(=O)c1nn(CCC2CCC(Oc3ncccc3C)CC2)cc1Br. The maximum Gasteiger partial charge on any atom is 0.359 e. The van der Waals surface area contributed by atoms with Gasteiger partial charge in [0, 0.05) is 24.5 Å². The molecule has 0 unspecified atom stereocenters. The van der Waals surface area contributed by atoms with Gasteiger partial charge in [-0.3, -0.25) is 4.68 Å². The van der Waals surface area contributed by atoms with Crippen LogP contribution in [0.15, 0.2) is 29.0 Å². The number of carbonyl (C=O) groups excluding carboxylic acids is 1. The molecule has 7 heteroatoms. The van der Waals surface area contributed by atoms with Crippen LogP contribution in [0.5, 0.6) is 5.88 Å². The normalized spacial score (nSPS) is 20.0. The molecule has 6 nitrogen and oxygen atoms in total. The molecule has 0 bridgehead atoms. The zero-order valence-corrected chi connectivity index (χ0v) is 16.7. The van der Waals surface area contributed by atoms with Crippen LogP contribution in [0.25, 0.3) is 0 Å². The summed E-state index contributed by atoms with van der Waals surface area (Å²) in [6.07, 6.45) is 9.30. The fourth-order valence-electron chi connectivity index (χ4n) is 3.35. The number of carbonyl (C=O) groups is 1. The summed E-state index contributed by atoms with van der Waals surface area (Å²) in [5, 5.41) is 4.31. The number of aromatic nitrogens is 3. The van der Waals surface area contributed by atoms with Crippen LogP contribution < -0.4 is 4.74 Å². The molecule has 0 radical (unpaired) electrons. The van der Waals surface area contributed by atoms with Gasteiger partial charge in [0.25, 0.3) is 0 Å². The van der Waals surface area contributed by atoms with Crippen molar-refractivity contribution in [1.82, 2.24) is 14.8 Å². The van der Waals surface area contributed by atoms with E-state index in [1.807, 2.05) is 29.9 Å². The first-order chi connectivity index (χ1) is 12.6. The van der Waals surface area contributed by atoms with Gasteiger partial charge in [0.1, 0.15) is 6.10 Å². The van der Waals surface area contributed by atoms with E-state index in [-0.39, 0.29) is 6.10 Å². The Kier molecular flexibility index (Phi) is 6.29. The van der Waals surface area contributed by atoms with Gasteiger partial charge in [0.05, 0.1) is 11.6 Å². The molecule has 2 aromatic heterocycles. The number of methoxy groups -OCH3 is 1. The van der Waals surface area contributed by atoms with Gasteiger partial charge in [-0.05, 0) is 66.9 Å². The van der Waals surface area contributed by atoms with E-state index in [1.54, 1.807) is 6.20 Å². The predicted octanol–water partition coefficient (Wildman–Crippen LogP) is 4.16.